The van der Waals surface area contributed by atoms with Gasteiger partial charge in [-0.2, -0.15) is 0 Å². The largest absolute Gasteiger partial charge is 0.453 e. The van der Waals surface area contributed by atoms with Crippen molar-refractivity contribution in [3.63, 3.8) is 0 Å². The van der Waals surface area contributed by atoms with E-state index in [2.05, 4.69) is 10.6 Å². The third-order valence-electron chi connectivity index (χ3n) is 4.46. The van der Waals surface area contributed by atoms with Gasteiger partial charge >= 0.3 is 5.97 Å². The number of carbonyl (C=O) groups is 4. The summed E-state index contributed by atoms with van der Waals surface area (Å²) < 4.78 is 5.14. The van der Waals surface area contributed by atoms with Crippen LogP contribution in [-0.4, -0.2) is 36.2 Å². The lowest BCUT2D eigenvalue weighted by Gasteiger charge is -2.18. The molecule has 0 heterocycles. The van der Waals surface area contributed by atoms with Gasteiger partial charge in [-0.15, -0.1) is 0 Å². The molecule has 0 aliphatic carbocycles. The Bertz CT molecular complexity index is 974. The van der Waals surface area contributed by atoms with Crippen LogP contribution in [0.15, 0.2) is 48.5 Å². The van der Waals surface area contributed by atoms with Crippen molar-refractivity contribution in [2.75, 3.05) is 11.9 Å². The van der Waals surface area contributed by atoms with Gasteiger partial charge in [0.05, 0.1) is 0 Å². The van der Waals surface area contributed by atoms with E-state index < -0.39 is 23.4 Å². The molecule has 31 heavy (non-hydrogen) atoms. The number of amides is 2. The predicted molar refractivity (Wildman–Crippen MR) is 118 cm³/mol. The maximum Gasteiger partial charge on any atom is 0.326 e. The summed E-state index contributed by atoms with van der Waals surface area (Å²) >= 11 is 0. The lowest BCUT2D eigenvalue weighted by Crippen LogP contribution is -2.34. The van der Waals surface area contributed by atoms with E-state index in [1.54, 1.807) is 63.2 Å². The van der Waals surface area contributed by atoms with Gasteiger partial charge in [0.15, 0.2) is 6.10 Å². The quantitative estimate of drug-likeness (QED) is 0.523. The second kappa shape index (κ2) is 10.0. The van der Waals surface area contributed by atoms with Crippen molar-refractivity contribution in [3.8, 4) is 0 Å². The van der Waals surface area contributed by atoms with Gasteiger partial charge in [0.25, 0.3) is 5.91 Å². The molecule has 164 valence electrons. The number of rotatable bonds is 7. The van der Waals surface area contributed by atoms with E-state index >= 15 is 0 Å². The molecule has 0 aliphatic heterocycles. The van der Waals surface area contributed by atoms with Crippen LogP contribution in [0.3, 0.4) is 0 Å². The Hall–Kier alpha value is -3.48. The molecule has 0 bridgehead atoms. The van der Waals surface area contributed by atoms with Crippen molar-refractivity contribution in [2.45, 2.75) is 40.7 Å². The molecule has 2 aromatic rings. The molecule has 2 N–H and O–H groups in total. The van der Waals surface area contributed by atoms with Crippen LogP contribution >= 0.6 is 0 Å². The van der Waals surface area contributed by atoms with Gasteiger partial charge in [-0.1, -0.05) is 38.5 Å². The average Bonchev–Trinajstić information content (AvgIpc) is 2.71. The van der Waals surface area contributed by atoms with Crippen LogP contribution in [0.4, 0.5) is 5.69 Å². The fraction of sp³-hybridized carbons (Fsp3) is 0.333. The zero-order valence-electron chi connectivity index (χ0n) is 18.4. The maximum absolute atomic E-state index is 12.5. The smallest absolute Gasteiger partial charge is 0.326 e. The SMILES string of the molecule is Cc1cccc(C(=O)NCC(=O)O[C@@H](C)C(=O)c2ccc(NC(=O)C(C)(C)C)cc2)c1. The number of ether oxygens (including phenoxy) is 1. The van der Waals surface area contributed by atoms with Crippen LogP contribution in [0.5, 0.6) is 0 Å². The van der Waals surface area contributed by atoms with Crippen LogP contribution in [0.1, 0.15) is 54.0 Å². The maximum atomic E-state index is 12.5. The standard InChI is InChI=1S/C24H28N2O5/c1-15-7-6-8-18(13-15)22(29)25-14-20(27)31-16(2)21(28)17-9-11-19(12-10-17)26-23(30)24(3,4)5/h6-13,16H,14H2,1-5H3,(H,25,29)(H,26,30)/t16-/m0/s1. The van der Waals surface area contributed by atoms with Crippen LogP contribution in [0.25, 0.3) is 0 Å². The van der Waals surface area contributed by atoms with Gasteiger partial charge in [-0.3, -0.25) is 19.2 Å². The number of nitrogens with one attached hydrogen (secondary N) is 2. The molecule has 7 nitrogen and oxygen atoms in total. The summed E-state index contributed by atoms with van der Waals surface area (Å²) in [5.41, 5.74) is 1.75. The Kier molecular flexibility index (Phi) is 7.69. The van der Waals surface area contributed by atoms with Gasteiger partial charge < -0.3 is 15.4 Å². The molecule has 2 rings (SSSR count). The van der Waals surface area contributed by atoms with E-state index in [1.165, 1.54) is 6.92 Å². The number of ketones is 1. The average molecular weight is 424 g/mol. The minimum atomic E-state index is -1.02. The van der Waals surface area contributed by atoms with Crippen molar-refractivity contribution in [1.82, 2.24) is 5.32 Å². The first-order chi connectivity index (χ1) is 14.5. The molecule has 2 amide bonds. The number of benzene rings is 2. The molecule has 0 radical (unpaired) electrons. The predicted octanol–water partition coefficient (Wildman–Crippen LogP) is 3.52. The Morgan fingerprint density at radius 3 is 2.19 bits per heavy atom. The summed E-state index contributed by atoms with van der Waals surface area (Å²) in [5, 5.41) is 5.26. The second-order valence-corrected chi connectivity index (χ2v) is 8.33. The third-order valence-corrected chi connectivity index (χ3v) is 4.46. The third kappa shape index (κ3) is 7.06. The van der Waals surface area contributed by atoms with Crippen molar-refractivity contribution in [1.29, 1.82) is 0 Å². The van der Waals surface area contributed by atoms with Crippen molar-refractivity contribution >= 4 is 29.3 Å². The zero-order valence-corrected chi connectivity index (χ0v) is 18.4. The molecule has 2 aromatic carbocycles. The van der Waals surface area contributed by atoms with Gasteiger partial charge in [0.1, 0.15) is 6.54 Å². The summed E-state index contributed by atoms with van der Waals surface area (Å²) in [5.74, 6) is -1.63. The van der Waals surface area contributed by atoms with Crippen molar-refractivity contribution in [3.05, 3.63) is 65.2 Å². The molecule has 0 spiro atoms. The zero-order chi connectivity index (χ0) is 23.2. The first kappa shape index (κ1) is 23.8. The van der Waals surface area contributed by atoms with Crippen molar-refractivity contribution < 1.29 is 23.9 Å². The molecule has 0 aromatic heterocycles. The molecule has 0 unspecified atom stereocenters. The molecule has 0 saturated heterocycles. The Morgan fingerprint density at radius 2 is 1.61 bits per heavy atom. The summed E-state index contributed by atoms with van der Waals surface area (Å²) in [6.45, 7) is 8.40. The summed E-state index contributed by atoms with van der Waals surface area (Å²) in [6, 6.07) is 13.3. The fourth-order valence-corrected chi connectivity index (χ4v) is 2.60. The highest BCUT2D eigenvalue weighted by Crippen LogP contribution is 2.18. The molecular weight excluding hydrogens is 396 g/mol. The highest BCUT2D eigenvalue weighted by molar-refractivity contribution is 6.01. The number of aryl methyl sites for hydroxylation is 1. The van der Waals surface area contributed by atoms with E-state index in [-0.39, 0.29) is 18.2 Å². The molecule has 7 heteroatoms. The Morgan fingerprint density at radius 1 is 0.968 bits per heavy atom. The van der Waals surface area contributed by atoms with Gasteiger partial charge in [-0.05, 0) is 50.2 Å². The van der Waals surface area contributed by atoms with Crippen molar-refractivity contribution in [2.24, 2.45) is 5.41 Å². The highest BCUT2D eigenvalue weighted by atomic mass is 16.5. The summed E-state index contributed by atoms with van der Waals surface area (Å²) in [6.07, 6.45) is -1.02. The number of hydrogen-bond acceptors (Lipinski definition) is 5. The van der Waals surface area contributed by atoms with E-state index in [4.69, 9.17) is 4.74 Å². The number of hydrogen-bond donors (Lipinski definition) is 2. The monoisotopic (exact) mass is 424 g/mol. The van der Waals surface area contributed by atoms with E-state index in [1.807, 2.05) is 13.0 Å². The topological polar surface area (TPSA) is 102 Å². The fourth-order valence-electron chi connectivity index (χ4n) is 2.60. The molecule has 0 aliphatic rings. The van der Waals surface area contributed by atoms with Gasteiger partial charge in [0, 0.05) is 22.2 Å². The minimum absolute atomic E-state index is 0.137. The van der Waals surface area contributed by atoms with Crippen LogP contribution in [0.2, 0.25) is 0 Å². The number of Topliss-reactive ketones (excluding diaryl/α,β-unsaturated/α-hetero) is 1. The molecular formula is C24H28N2O5. The van der Waals surface area contributed by atoms with E-state index in [0.717, 1.165) is 5.56 Å². The van der Waals surface area contributed by atoms with Gasteiger partial charge in [0.2, 0.25) is 11.7 Å². The van der Waals surface area contributed by atoms with Crippen LogP contribution in [0, 0.1) is 12.3 Å². The minimum Gasteiger partial charge on any atom is -0.453 e. The summed E-state index contributed by atoms with van der Waals surface area (Å²) in [7, 11) is 0. The number of anilines is 1. The van der Waals surface area contributed by atoms with E-state index in [0.29, 0.717) is 16.8 Å². The van der Waals surface area contributed by atoms with Crippen LogP contribution in [-0.2, 0) is 14.3 Å². The highest BCUT2D eigenvalue weighted by Gasteiger charge is 2.22. The van der Waals surface area contributed by atoms with Gasteiger partial charge in [-0.25, -0.2) is 0 Å². The molecule has 0 fully saturated rings. The lowest BCUT2D eigenvalue weighted by molar-refractivity contribution is -0.145. The second-order valence-electron chi connectivity index (χ2n) is 8.33. The first-order valence-electron chi connectivity index (χ1n) is 9.97. The molecule has 1 atom stereocenters. The normalized spacial score (nSPS) is 11.9. The first-order valence-corrected chi connectivity index (χ1v) is 9.97. The summed E-state index contributed by atoms with van der Waals surface area (Å²) in [4.78, 5) is 48.7. The Balaban J connectivity index is 1.87. The van der Waals surface area contributed by atoms with Crippen LogP contribution < -0.4 is 10.6 Å². The number of carbonyl (C=O) groups excluding carboxylic acids is 4. The number of esters is 1. The molecule has 0 saturated carbocycles. The Labute approximate surface area is 182 Å². The lowest BCUT2D eigenvalue weighted by atomic mass is 9.95. The van der Waals surface area contributed by atoms with E-state index in [9.17, 15) is 19.2 Å².